The highest BCUT2D eigenvalue weighted by Gasteiger charge is 2.51. The van der Waals surface area contributed by atoms with E-state index >= 15 is 0 Å². The molecular formula is C71H54O4. The molecule has 1 atom stereocenters. The van der Waals surface area contributed by atoms with Crippen LogP contribution in [0.3, 0.4) is 0 Å². The van der Waals surface area contributed by atoms with Crippen molar-refractivity contribution >= 4 is 43.1 Å². The summed E-state index contributed by atoms with van der Waals surface area (Å²) < 4.78 is 24.1. The van der Waals surface area contributed by atoms with Crippen molar-refractivity contribution < 1.29 is 18.9 Å². The van der Waals surface area contributed by atoms with Gasteiger partial charge in [-0.3, -0.25) is 0 Å². The molecule has 1 unspecified atom stereocenters. The monoisotopic (exact) mass is 970 g/mol. The summed E-state index contributed by atoms with van der Waals surface area (Å²) in [5.41, 5.74) is 13.2. The molecule has 0 aromatic heterocycles. The molecule has 0 amide bonds. The lowest BCUT2D eigenvalue weighted by Gasteiger charge is -2.36. The third kappa shape index (κ3) is 7.27. The molecule has 0 saturated heterocycles. The van der Waals surface area contributed by atoms with Gasteiger partial charge in [-0.25, -0.2) is 0 Å². The van der Waals surface area contributed by atoms with Gasteiger partial charge in [-0.05, 0) is 202 Å². The van der Waals surface area contributed by atoms with E-state index in [0.29, 0.717) is 26.4 Å². The predicted molar refractivity (Wildman–Crippen MR) is 309 cm³/mol. The zero-order valence-electron chi connectivity index (χ0n) is 41.9. The maximum absolute atomic E-state index is 6.03. The number of rotatable bonds is 15. The highest BCUT2D eigenvalue weighted by Crippen LogP contribution is 2.63. The van der Waals surface area contributed by atoms with Crippen LogP contribution < -0.4 is 18.9 Å². The van der Waals surface area contributed by atoms with E-state index in [2.05, 4.69) is 226 Å². The van der Waals surface area contributed by atoms with Gasteiger partial charge in [0.1, 0.15) is 42.8 Å². The summed E-state index contributed by atoms with van der Waals surface area (Å²) >= 11 is 0. The van der Waals surface area contributed by atoms with Crippen molar-refractivity contribution in [2.75, 3.05) is 26.4 Å². The van der Waals surface area contributed by atoms with Crippen LogP contribution in [0.1, 0.15) is 51.4 Å². The quantitative estimate of drug-likeness (QED) is 0.0960. The van der Waals surface area contributed by atoms with E-state index in [1.165, 1.54) is 66.8 Å². The molecule has 0 N–H and O–H groups in total. The lowest BCUT2D eigenvalue weighted by molar-refractivity contribution is 0.341. The third-order valence-corrected chi connectivity index (χ3v) is 15.6. The Morgan fingerprint density at radius 1 is 0.307 bits per heavy atom. The van der Waals surface area contributed by atoms with Gasteiger partial charge in [0.25, 0.3) is 0 Å². The maximum atomic E-state index is 6.03. The third-order valence-electron chi connectivity index (χ3n) is 15.6. The molecule has 0 heterocycles. The minimum Gasteiger partial charge on any atom is -0.494 e. The summed E-state index contributed by atoms with van der Waals surface area (Å²) in [6, 6.07) is 76.9. The SMILES string of the molecule is C=CCOc1ccc2cc(C3(c4ccc5cc(OCC)ccc5c4)c4ccccc4-c4cc5c(cc43)-c3ccccc3C5(c3ccc4cc(OCC=C)ccc4c3)c3ccc4cc(OCC=C)ccc4c3)ccc2c1. The van der Waals surface area contributed by atoms with Crippen molar-refractivity contribution in [2.24, 2.45) is 0 Å². The average Bonchev–Trinajstić information content (AvgIpc) is 4.13. The molecule has 11 aromatic rings. The van der Waals surface area contributed by atoms with Gasteiger partial charge < -0.3 is 18.9 Å². The number of benzene rings is 11. The molecule has 4 heteroatoms. The normalized spacial score (nSPS) is 14.7. The van der Waals surface area contributed by atoms with Gasteiger partial charge in [-0.15, -0.1) is 0 Å². The van der Waals surface area contributed by atoms with Crippen LogP contribution in [0.15, 0.2) is 244 Å². The van der Waals surface area contributed by atoms with Crippen molar-refractivity contribution in [3.8, 4) is 45.3 Å². The van der Waals surface area contributed by atoms with E-state index in [-0.39, 0.29) is 0 Å². The maximum Gasteiger partial charge on any atom is 0.120 e. The molecule has 0 bridgehead atoms. The van der Waals surface area contributed by atoms with E-state index in [9.17, 15) is 0 Å². The summed E-state index contributed by atoms with van der Waals surface area (Å²) in [7, 11) is 0. The van der Waals surface area contributed by atoms with E-state index in [0.717, 1.165) is 66.1 Å². The van der Waals surface area contributed by atoms with Gasteiger partial charge in [-0.2, -0.15) is 0 Å². The standard InChI is InChI=1S/C71H54O4/c1-5-33-73-59-30-22-47-37-55(26-18-51(47)41-59)70(54-25-17-50-40-58(72-8-4)29-21-46(50)36-54)66-15-11-9-13-62(66)64-45-69-65(44-68(64)70)63-14-10-12-16-67(63)71(69,56-27-19-52-42-60(74-34-6-2)31-23-48(52)38-56)57-28-20-53-43-61(75-35-7-3)32-24-49(53)39-57/h5-7,9-32,36-45H,1-3,8,33-35H2,4H3. The lowest BCUT2D eigenvalue weighted by Crippen LogP contribution is -2.30. The molecule has 2 aliphatic rings. The molecule has 11 aromatic carbocycles. The first-order chi connectivity index (χ1) is 36.9. The van der Waals surface area contributed by atoms with Crippen molar-refractivity contribution in [3.63, 3.8) is 0 Å². The van der Waals surface area contributed by atoms with Crippen LogP contribution in [0.4, 0.5) is 0 Å². The Labute approximate surface area is 438 Å². The Morgan fingerprint density at radius 3 is 0.920 bits per heavy atom. The summed E-state index contributed by atoms with van der Waals surface area (Å²) in [6.07, 6.45) is 5.34. The zero-order valence-corrected chi connectivity index (χ0v) is 41.9. The van der Waals surface area contributed by atoms with Crippen LogP contribution in [0.5, 0.6) is 23.0 Å². The fourth-order valence-corrected chi connectivity index (χ4v) is 12.4. The minimum absolute atomic E-state index is 0.447. The van der Waals surface area contributed by atoms with Crippen molar-refractivity contribution in [1.29, 1.82) is 0 Å². The number of hydrogen-bond donors (Lipinski definition) is 0. The molecule has 0 saturated carbocycles. The molecule has 0 spiro atoms. The van der Waals surface area contributed by atoms with Crippen molar-refractivity contribution in [3.05, 3.63) is 289 Å². The summed E-state index contributed by atoms with van der Waals surface area (Å²) in [6.45, 7) is 15.6. The van der Waals surface area contributed by atoms with E-state index in [1.54, 1.807) is 18.2 Å². The molecule has 0 radical (unpaired) electrons. The first-order valence-corrected chi connectivity index (χ1v) is 25.8. The Morgan fingerprint density at radius 2 is 0.600 bits per heavy atom. The Kier molecular flexibility index (Phi) is 11.2. The van der Waals surface area contributed by atoms with Gasteiger partial charge in [0.15, 0.2) is 0 Å². The lowest BCUT2D eigenvalue weighted by atomic mass is 9.65. The first-order valence-electron chi connectivity index (χ1n) is 25.8. The molecule has 0 fully saturated rings. The van der Waals surface area contributed by atoms with Crippen LogP contribution >= 0.6 is 0 Å². The molecule has 2 aliphatic carbocycles. The topological polar surface area (TPSA) is 36.9 Å². The summed E-state index contributed by atoms with van der Waals surface area (Å²) in [4.78, 5) is 0. The predicted octanol–water partition coefficient (Wildman–Crippen LogP) is 17.1. The second kappa shape index (κ2) is 18.4. The molecule has 0 aliphatic heterocycles. The van der Waals surface area contributed by atoms with Crippen LogP contribution in [-0.2, 0) is 10.8 Å². The highest BCUT2D eigenvalue weighted by molar-refractivity contribution is 5.98. The van der Waals surface area contributed by atoms with Gasteiger partial charge in [-0.1, -0.05) is 159 Å². The second-order valence-corrected chi connectivity index (χ2v) is 19.7. The molecule has 4 nitrogen and oxygen atoms in total. The zero-order chi connectivity index (χ0) is 50.7. The fraction of sp³-hybridized carbons (Fsp3) is 0.0986. The average molecular weight is 971 g/mol. The van der Waals surface area contributed by atoms with Gasteiger partial charge in [0.05, 0.1) is 17.4 Å². The van der Waals surface area contributed by atoms with Crippen LogP contribution in [0, 0.1) is 0 Å². The number of hydrogen-bond acceptors (Lipinski definition) is 4. The fourth-order valence-electron chi connectivity index (χ4n) is 12.4. The Bertz CT molecular complexity index is 4030. The Balaban J connectivity index is 1.10. The van der Waals surface area contributed by atoms with Crippen LogP contribution in [-0.4, -0.2) is 26.4 Å². The van der Waals surface area contributed by atoms with Crippen LogP contribution in [0.2, 0.25) is 0 Å². The molecule has 13 rings (SSSR count). The summed E-state index contributed by atoms with van der Waals surface area (Å²) in [5, 5.41) is 9.05. The van der Waals surface area contributed by atoms with Gasteiger partial charge in [0.2, 0.25) is 0 Å². The number of ether oxygens (including phenoxy) is 4. The van der Waals surface area contributed by atoms with Crippen molar-refractivity contribution in [2.45, 2.75) is 17.8 Å². The molecule has 362 valence electrons. The van der Waals surface area contributed by atoms with E-state index < -0.39 is 10.8 Å². The van der Waals surface area contributed by atoms with Gasteiger partial charge in [0, 0.05) is 0 Å². The van der Waals surface area contributed by atoms with Gasteiger partial charge >= 0.3 is 0 Å². The van der Waals surface area contributed by atoms with Crippen LogP contribution in [0.25, 0.3) is 65.3 Å². The number of fused-ring (bicyclic) bond motifs is 10. The Hall–Kier alpha value is -9.12. The minimum atomic E-state index is -0.713. The smallest absolute Gasteiger partial charge is 0.120 e. The second-order valence-electron chi connectivity index (χ2n) is 19.7. The van der Waals surface area contributed by atoms with E-state index in [4.69, 9.17) is 18.9 Å². The first kappa shape index (κ1) is 45.7. The summed E-state index contributed by atoms with van der Waals surface area (Å²) in [5.74, 6) is 3.33. The van der Waals surface area contributed by atoms with E-state index in [1.807, 2.05) is 6.92 Å². The highest BCUT2D eigenvalue weighted by atomic mass is 16.5. The largest absolute Gasteiger partial charge is 0.494 e. The molecule has 75 heavy (non-hydrogen) atoms. The molecular weight excluding hydrogens is 917 g/mol. The van der Waals surface area contributed by atoms with Crippen molar-refractivity contribution in [1.82, 2.24) is 0 Å².